The molecule has 0 bridgehead atoms. The van der Waals surface area contributed by atoms with Crippen LogP contribution in [0.15, 0.2) is 0 Å². The van der Waals surface area contributed by atoms with E-state index in [2.05, 4.69) is 10.1 Å². The zero-order chi connectivity index (χ0) is 8.60. The molecule has 0 amide bonds. The van der Waals surface area contributed by atoms with Crippen molar-refractivity contribution in [2.24, 2.45) is 0 Å². The lowest BCUT2D eigenvalue weighted by Gasteiger charge is -2.37. The summed E-state index contributed by atoms with van der Waals surface area (Å²) in [5, 5.41) is 3.05. The SMILES string of the molecule is Cl.FC(F)O[C@H]1COC2(CNC2)C1. The third-order valence-electron chi connectivity index (χ3n) is 2.36. The van der Waals surface area contributed by atoms with E-state index < -0.39 is 12.7 Å². The maximum absolute atomic E-state index is 11.8. The van der Waals surface area contributed by atoms with Gasteiger partial charge in [0.05, 0.1) is 18.3 Å². The molecular weight excluding hydrogens is 204 g/mol. The van der Waals surface area contributed by atoms with E-state index in [0.29, 0.717) is 13.0 Å². The minimum Gasteiger partial charge on any atom is -0.370 e. The zero-order valence-electron chi connectivity index (χ0n) is 6.96. The lowest BCUT2D eigenvalue weighted by Crippen LogP contribution is -2.59. The minimum atomic E-state index is -2.68. The summed E-state index contributed by atoms with van der Waals surface area (Å²) in [6.07, 6.45) is 0.164. The molecule has 2 heterocycles. The molecule has 2 rings (SSSR count). The van der Waals surface area contributed by atoms with Crippen LogP contribution in [-0.4, -0.2) is 38.0 Å². The topological polar surface area (TPSA) is 30.5 Å². The van der Waals surface area contributed by atoms with Gasteiger partial charge in [-0.3, -0.25) is 0 Å². The number of halogens is 3. The summed E-state index contributed by atoms with van der Waals surface area (Å²) in [5.41, 5.74) is -0.195. The second-order valence-electron chi connectivity index (χ2n) is 3.32. The first-order chi connectivity index (χ1) is 5.70. The summed E-state index contributed by atoms with van der Waals surface area (Å²) in [6.45, 7) is -0.861. The summed E-state index contributed by atoms with van der Waals surface area (Å²) in [6, 6.07) is 0. The molecule has 2 saturated heterocycles. The molecule has 0 aromatic carbocycles. The summed E-state index contributed by atoms with van der Waals surface area (Å²) < 4.78 is 33.3. The first kappa shape index (κ1) is 11.1. The summed E-state index contributed by atoms with van der Waals surface area (Å²) in [4.78, 5) is 0. The monoisotopic (exact) mass is 215 g/mol. The van der Waals surface area contributed by atoms with Crippen LogP contribution >= 0.6 is 12.4 Å². The Morgan fingerprint density at radius 2 is 2.15 bits per heavy atom. The summed E-state index contributed by atoms with van der Waals surface area (Å²) >= 11 is 0. The smallest absolute Gasteiger partial charge is 0.345 e. The van der Waals surface area contributed by atoms with Crippen molar-refractivity contribution in [3.8, 4) is 0 Å². The molecule has 6 heteroatoms. The van der Waals surface area contributed by atoms with Crippen LogP contribution < -0.4 is 5.32 Å². The first-order valence-corrected chi connectivity index (χ1v) is 3.98. The molecule has 1 N–H and O–H groups in total. The fraction of sp³-hybridized carbons (Fsp3) is 1.00. The van der Waals surface area contributed by atoms with Crippen LogP contribution in [0.5, 0.6) is 0 Å². The van der Waals surface area contributed by atoms with Crippen molar-refractivity contribution in [3.63, 3.8) is 0 Å². The second kappa shape index (κ2) is 4.04. The zero-order valence-corrected chi connectivity index (χ0v) is 7.78. The molecule has 2 aliphatic rings. The highest BCUT2D eigenvalue weighted by molar-refractivity contribution is 5.85. The minimum absolute atomic E-state index is 0. The highest BCUT2D eigenvalue weighted by Gasteiger charge is 2.46. The molecular formula is C7H12ClF2NO2. The Kier molecular flexibility index (Phi) is 3.45. The van der Waals surface area contributed by atoms with E-state index in [-0.39, 0.29) is 18.0 Å². The Hall–Kier alpha value is 0.0300. The van der Waals surface area contributed by atoms with E-state index in [0.717, 1.165) is 13.1 Å². The van der Waals surface area contributed by atoms with E-state index in [1.165, 1.54) is 0 Å². The molecule has 0 aromatic heterocycles. The number of ether oxygens (including phenoxy) is 2. The number of alkyl halides is 2. The van der Waals surface area contributed by atoms with Gasteiger partial charge in [0.15, 0.2) is 0 Å². The molecule has 0 radical (unpaired) electrons. The Balaban J connectivity index is 0.000000845. The predicted molar refractivity (Wildman–Crippen MR) is 44.3 cm³/mol. The van der Waals surface area contributed by atoms with Gasteiger partial charge in [0, 0.05) is 19.5 Å². The van der Waals surface area contributed by atoms with Crippen LogP contribution in [-0.2, 0) is 9.47 Å². The molecule has 13 heavy (non-hydrogen) atoms. The van der Waals surface area contributed by atoms with E-state index in [4.69, 9.17) is 4.74 Å². The van der Waals surface area contributed by atoms with Crippen molar-refractivity contribution in [2.45, 2.75) is 24.7 Å². The molecule has 0 aliphatic carbocycles. The van der Waals surface area contributed by atoms with Gasteiger partial charge < -0.3 is 14.8 Å². The van der Waals surface area contributed by atoms with Crippen molar-refractivity contribution in [1.82, 2.24) is 5.32 Å². The molecule has 0 unspecified atom stereocenters. The molecule has 3 nitrogen and oxygen atoms in total. The molecule has 78 valence electrons. The standard InChI is InChI=1S/C7H11F2NO2.ClH/c8-6(9)12-5-1-7(11-2-5)3-10-4-7;/h5-6,10H,1-4H2;1H/t5-;/m1./s1. The maximum atomic E-state index is 11.8. The van der Waals surface area contributed by atoms with E-state index >= 15 is 0 Å². The van der Waals surface area contributed by atoms with Crippen LogP contribution in [0.1, 0.15) is 6.42 Å². The highest BCUT2D eigenvalue weighted by Crippen LogP contribution is 2.31. The Morgan fingerprint density at radius 1 is 1.46 bits per heavy atom. The van der Waals surface area contributed by atoms with Crippen LogP contribution in [0.3, 0.4) is 0 Å². The van der Waals surface area contributed by atoms with E-state index in [1.807, 2.05) is 0 Å². The normalized spacial score (nSPS) is 30.2. The lowest BCUT2D eigenvalue weighted by atomic mass is 9.93. The number of nitrogens with one attached hydrogen (secondary N) is 1. The summed E-state index contributed by atoms with van der Waals surface area (Å²) in [5.74, 6) is 0. The van der Waals surface area contributed by atoms with Crippen LogP contribution in [0.4, 0.5) is 8.78 Å². The average molecular weight is 216 g/mol. The summed E-state index contributed by atoms with van der Waals surface area (Å²) in [7, 11) is 0. The molecule has 0 aromatic rings. The van der Waals surface area contributed by atoms with Crippen molar-refractivity contribution in [1.29, 1.82) is 0 Å². The van der Waals surface area contributed by atoms with Gasteiger partial charge in [-0.05, 0) is 0 Å². The van der Waals surface area contributed by atoms with Gasteiger partial charge in [0.1, 0.15) is 0 Å². The first-order valence-electron chi connectivity index (χ1n) is 3.98. The second-order valence-corrected chi connectivity index (χ2v) is 3.32. The Labute approximate surface area is 81.2 Å². The van der Waals surface area contributed by atoms with Gasteiger partial charge in [0.2, 0.25) is 0 Å². The average Bonchev–Trinajstić information content (AvgIpc) is 2.29. The molecule has 1 spiro atoms. The number of hydrogen-bond donors (Lipinski definition) is 1. The van der Waals surface area contributed by atoms with Crippen LogP contribution in [0.2, 0.25) is 0 Å². The van der Waals surface area contributed by atoms with E-state index in [1.54, 1.807) is 0 Å². The van der Waals surface area contributed by atoms with Gasteiger partial charge in [-0.2, -0.15) is 8.78 Å². The van der Waals surface area contributed by atoms with Crippen molar-refractivity contribution in [2.75, 3.05) is 19.7 Å². The highest BCUT2D eigenvalue weighted by atomic mass is 35.5. The molecule has 2 aliphatic heterocycles. The third-order valence-corrected chi connectivity index (χ3v) is 2.36. The number of rotatable bonds is 2. The van der Waals surface area contributed by atoms with Gasteiger partial charge in [0.25, 0.3) is 0 Å². The number of hydrogen-bond acceptors (Lipinski definition) is 3. The lowest BCUT2D eigenvalue weighted by molar-refractivity contribution is -0.161. The van der Waals surface area contributed by atoms with Crippen molar-refractivity contribution in [3.05, 3.63) is 0 Å². The quantitative estimate of drug-likeness (QED) is 0.739. The third kappa shape index (κ3) is 2.28. The molecule has 1 atom stereocenters. The van der Waals surface area contributed by atoms with E-state index in [9.17, 15) is 8.78 Å². The van der Waals surface area contributed by atoms with Gasteiger partial charge in [-0.15, -0.1) is 12.4 Å². The van der Waals surface area contributed by atoms with Crippen molar-refractivity contribution < 1.29 is 18.3 Å². The Morgan fingerprint density at radius 3 is 2.54 bits per heavy atom. The fourth-order valence-electron chi connectivity index (χ4n) is 1.69. The van der Waals surface area contributed by atoms with Gasteiger partial charge in [-0.1, -0.05) is 0 Å². The molecule has 2 fully saturated rings. The van der Waals surface area contributed by atoms with Crippen molar-refractivity contribution >= 4 is 12.4 Å². The largest absolute Gasteiger partial charge is 0.370 e. The van der Waals surface area contributed by atoms with Gasteiger partial charge >= 0.3 is 6.61 Å². The maximum Gasteiger partial charge on any atom is 0.345 e. The Bertz CT molecular complexity index is 178. The predicted octanol–water partition coefficient (Wildman–Crippen LogP) is 0.778. The molecule has 0 saturated carbocycles. The van der Waals surface area contributed by atoms with Gasteiger partial charge in [-0.25, -0.2) is 0 Å². The van der Waals surface area contributed by atoms with Crippen LogP contribution in [0.25, 0.3) is 0 Å². The fourth-order valence-corrected chi connectivity index (χ4v) is 1.69. The van der Waals surface area contributed by atoms with Crippen LogP contribution in [0, 0.1) is 0 Å².